The molecule has 2 rings (SSSR count). The molecule has 4 heteroatoms. The minimum absolute atomic E-state index is 0.726. The van der Waals surface area contributed by atoms with Crippen LogP contribution in [0.2, 0.25) is 10.0 Å². The average Bonchev–Trinajstić information content (AvgIpc) is 2.82. The molecule has 0 saturated heterocycles. The van der Waals surface area contributed by atoms with Gasteiger partial charge in [-0.05, 0) is 59.1 Å². The molecule has 0 fully saturated rings. The lowest BCUT2D eigenvalue weighted by Gasteiger charge is -2.06. The van der Waals surface area contributed by atoms with Crippen LogP contribution < -0.4 is 5.32 Å². The number of halogens is 2. The molecule has 17 heavy (non-hydrogen) atoms. The van der Waals surface area contributed by atoms with Crippen molar-refractivity contribution < 1.29 is 0 Å². The van der Waals surface area contributed by atoms with Crippen molar-refractivity contribution in [2.24, 2.45) is 0 Å². The molecule has 0 unspecified atom stereocenters. The van der Waals surface area contributed by atoms with Gasteiger partial charge in [0.1, 0.15) is 0 Å². The Balaban J connectivity index is 1.80. The SMILES string of the molecule is Clc1ccc(Cl)c(CNCCc2ccsc2)c1. The van der Waals surface area contributed by atoms with E-state index in [4.69, 9.17) is 23.2 Å². The fourth-order valence-corrected chi connectivity index (χ4v) is 2.65. The minimum Gasteiger partial charge on any atom is -0.312 e. The molecule has 1 nitrogen and oxygen atoms in total. The summed E-state index contributed by atoms with van der Waals surface area (Å²) < 4.78 is 0. The van der Waals surface area contributed by atoms with Gasteiger partial charge in [0, 0.05) is 16.6 Å². The second kappa shape index (κ2) is 6.41. The van der Waals surface area contributed by atoms with Crippen LogP contribution in [0.25, 0.3) is 0 Å². The Morgan fingerprint density at radius 2 is 2.06 bits per heavy atom. The Kier molecular flexibility index (Phi) is 4.86. The molecule has 0 aliphatic carbocycles. The normalized spacial score (nSPS) is 10.7. The van der Waals surface area contributed by atoms with Gasteiger partial charge in [0.2, 0.25) is 0 Å². The van der Waals surface area contributed by atoms with Crippen molar-refractivity contribution in [3.05, 3.63) is 56.2 Å². The van der Waals surface area contributed by atoms with Gasteiger partial charge in [0.15, 0.2) is 0 Å². The third-order valence-electron chi connectivity index (χ3n) is 2.49. The molecule has 0 atom stereocenters. The highest BCUT2D eigenvalue weighted by atomic mass is 35.5. The van der Waals surface area contributed by atoms with Gasteiger partial charge in [0.05, 0.1) is 0 Å². The van der Waals surface area contributed by atoms with Crippen LogP contribution in [0.3, 0.4) is 0 Å². The lowest BCUT2D eigenvalue weighted by atomic mass is 10.2. The van der Waals surface area contributed by atoms with E-state index in [1.165, 1.54) is 5.56 Å². The number of rotatable bonds is 5. The van der Waals surface area contributed by atoms with E-state index in [0.717, 1.165) is 35.1 Å². The van der Waals surface area contributed by atoms with Crippen molar-refractivity contribution in [3.8, 4) is 0 Å². The number of benzene rings is 1. The van der Waals surface area contributed by atoms with Crippen molar-refractivity contribution in [1.29, 1.82) is 0 Å². The molecule has 0 amide bonds. The summed E-state index contributed by atoms with van der Waals surface area (Å²) in [6.45, 7) is 1.70. The van der Waals surface area contributed by atoms with Gasteiger partial charge in [-0.1, -0.05) is 23.2 Å². The second-order valence-corrected chi connectivity index (χ2v) is 5.42. The predicted octanol–water partition coefficient (Wildman–Crippen LogP) is 4.39. The Bertz CT molecular complexity index is 468. The van der Waals surface area contributed by atoms with Gasteiger partial charge in [-0.15, -0.1) is 0 Å². The predicted molar refractivity (Wildman–Crippen MR) is 76.2 cm³/mol. The summed E-state index contributed by atoms with van der Waals surface area (Å²) in [5, 5.41) is 9.13. The second-order valence-electron chi connectivity index (χ2n) is 3.79. The van der Waals surface area contributed by atoms with E-state index in [0.29, 0.717) is 0 Å². The Hall–Kier alpha value is -0.540. The highest BCUT2D eigenvalue weighted by molar-refractivity contribution is 7.07. The molecule has 1 aromatic carbocycles. The van der Waals surface area contributed by atoms with E-state index in [9.17, 15) is 0 Å². The molecular weight excluding hydrogens is 273 g/mol. The van der Waals surface area contributed by atoms with E-state index in [-0.39, 0.29) is 0 Å². The first-order chi connectivity index (χ1) is 8.25. The highest BCUT2D eigenvalue weighted by Gasteiger charge is 2.01. The number of thiophene rings is 1. The molecule has 0 aliphatic heterocycles. The quantitative estimate of drug-likeness (QED) is 0.804. The van der Waals surface area contributed by atoms with Crippen LogP contribution in [0.4, 0.5) is 0 Å². The zero-order chi connectivity index (χ0) is 12.1. The van der Waals surface area contributed by atoms with Gasteiger partial charge in [-0.2, -0.15) is 11.3 Å². The van der Waals surface area contributed by atoms with E-state index in [1.54, 1.807) is 17.4 Å². The average molecular weight is 286 g/mol. The monoisotopic (exact) mass is 285 g/mol. The van der Waals surface area contributed by atoms with Crippen molar-refractivity contribution in [2.45, 2.75) is 13.0 Å². The van der Waals surface area contributed by atoms with E-state index < -0.39 is 0 Å². The van der Waals surface area contributed by atoms with Crippen LogP contribution >= 0.6 is 34.5 Å². The van der Waals surface area contributed by atoms with Crippen molar-refractivity contribution in [2.75, 3.05) is 6.54 Å². The zero-order valence-corrected chi connectivity index (χ0v) is 11.6. The van der Waals surface area contributed by atoms with E-state index in [1.807, 2.05) is 12.1 Å². The number of nitrogens with one attached hydrogen (secondary N) is 1. The molecule has 0 bridgehead atoms. The summed E-state index contributed by atoms with van der Waals surface area (Å²) in [6, 6.07) is 7.69. The Morgan fingerprint density at radius 3 is 2.82 bits per heavy atom. The molecular formula is C13H13Cl2NS. The molecule has 0 spiro atoms. The maximum absolute atomic E-state index is 6.08. The topological polar surface area (TPSA) is 12.0 Å². The molecule has 0 aliphatic rings. The summed E-state index contributed by atoms with van der Waals surface area (Å²) in [5.41, 5.74) is 2.42. The number of hydrogen-bond acceptors (Lipinski definition) is 2. The molecule has 1 N–H and O–H groups in total. The summed E-state index contributed by atoms with van der Waals surface area (Å²) in [5.74, 6) is 0. The molecule has 0 radical (unpaired) electrons. The van der Waals surface area contributed by atoms with Crippen LogP contribution in [0.15, 0.2) is 35.0 Å². The largest absolute Gasteiger partial charge is 0.312 e. The molecule has 2 aromatic rings. The highest BCUT2D eigenvalue weighted by Crippen LogP contribution is 2.20. The van der Waals surface area contributed by atoms with Crippen molar-refractivity contribution in [3.63, 3.8) is 0 Å². The van der Waals surface area contributed by atoms with Crippen LogP contribution in [-0.4, -0.2) is 6.54 Å². The van der Waals surface area contributed by atoms with Crippen molar-refractivity contribution in [1.82, 2.24) is 5.32 Å². The molecule has 1 heterocycles. The molecule has 90 valence electrons. The first-order valence-electron chi connectivity index (χ1n) is 5.41. The maximum Gasteiger partial charge on any atom is 0.0451 e. The van der Waals surface area contributed by atoms with Crippen LogP contribution in [-0.2, 0) is 13.0 Å². The van der Waals surface area contributed by atoms with E-state index in [2.05, 4.69) is 22.1 Å². The number of hydrogen-bond donors (Lipinski definition) is 1. The third-order valence-corrected chi connectivity index (χ3v) is 3.83. The molecule has 0 saturated carbocycles. The van der Waals surface area contributed by atoms with Crippen molar-refractivity contribution >= 4 is 34.5 Å². The standard InChI is InChI=1S/C13H13Cl2NS/c14-12-1-2-13(15)11(7-12)8-16-5-3-10-4-6-17-9-10/h1-2,4,6-7,9,16H,3,5,8H2. The lowest BCUT2D eigenvalue weighted by Crippen LogP contribution is -2.16. The van der Waals surface area contributed by atoms with E-state index >= 15 is 0 Å². The lowest BCUT2D eigenvalue weighted by molar-refractivity contribution is 0.688. The Labute approximate surface area is 115 Å². The van der Waals surface area contributed by atoms with Gasteiger partial charge in [-0.3, -0.25) is 0 Å². The maximum atomic E-state index is 6.08. The Morgan fingerprint density at radius 1 is 1.18 bits per heavy atom. The molecule has 1 aromatic heterocycles. The summed E-state index contributed by atoms with van der Waals surface area (Å²) in [7, 11) is 0. The third kappa shape index (κ3) is 4.00. The summed E-state index contributed by atoms with van der Waals surface area (Å²) >= 11 is 13.7. The van der Waals surface area contributed by atoms with Crippen LogP contribution in [0, 0.1) is 0 Å². The van der Waals surface area contributed by atoms with Gasteiger partial charge in [0.25, 0.3) is 0 Å². The van der Waals surface area contributed by atoms with Gasteiger partial charge < -0.3 is 5.32 Å². The van der Waals surface area contributed by atoms with Gasteiger partial charge in [-0.25, -0.2) is 0 Å². The van der Waals surface area contributed by atoms with Gasteiger partial charge >= 0.3 is 0 Å². The first-order valence-corrected chi connectivity index (χ1v) is 7.11. The van der Waals surface area contributed by atoms with Crippen LogP contribution in [0.5, 0.6) is 0 Å². The zero-order valence-electron chi connectivity index (χ0n) is 9.25. The first kappa shape index (κ1) is 12.9. The summed E-state index contributed by atoms with van der Waals surface area (Å²) in [4.78, 5) is 0. The van der Waals surface area contributed by atoms with Crippen LogP contribution in [0.1, 0.15) is 11.1 Å². The summed E-state index contributed by atoms with van der Waals surface area (Å²) in [6.07, 6.45) is 1.04. The smallest absolute Gasteiger partial charge is 0.0451 e. The fourth-order valence-electron chi connectivity index (χ4n) is 1.57. The minimum atomic E-state index is 0.726. The fraction of sp³-hybridized carbons (Fsp3) is 0.231.